The van der Waals surface area contributed by atoms with Gasteiger partial charge in [-0.05, 0) is 40.3 Å². The summed E-state index contributed by atoms with van der Waals surface area (Å²) in [6, 6.07) is 1.85. The summed E-state index contributed by atoms with van der Waals surface area (Å²) < 4.78 is 5.59. The second-order valence-electron chi connectivity index (χ2n) is 4.88. The molecule has 1 heterocycles. The molecule has 2 N–H and O–H groups in total. The van der Waals surface area contributed by atoms with Crippen LogP contribution in [0, 0.1) is 12.8 Å². The van der Waals surface area contributed by atoms with E-state index in [0.717, 1.165) is 18.8 Å². The molecule has 5 heteroatoms. The lowest BCUT2D eigenvalue weighted by atomic mass is 10.2. The maximum atomic E-state index is 5.59. The fraction of sp³-hybridized carbons (Fsp3) is 0.692. The van der Waals surface area contributed by atoms with Crippen LogP contribution in [0.5, 0.6) is 5.88 Å². The molecule has 0 aromatic carbocycles. The molecule has 5 nitrogen and oxygen atoms in total. The Morgan fingerprint density at radius 3 is 2.56 bits per heavy atom. The number of hydrogen-bond acceptors (Lipinski definition) is 5. The molecule has 0 radical (unpaired) electrons. The van der Waals surface area contributed by atoms with Crippen LogP contribution in [0.2, 0.25) is 0 Å². The topological polar surface area (TPSA) is 59.1 Å². The number of ether oxygens (including phenoxy) is 1. The Bertz CT molecular complexity index is 368. The molecule has 0 saturated carbocycles. The highest BCUT2D eigenvalue weighted by Gasteiger charge is 2.06. The minimum absolute atomic E-state index is 0.121. The van der Waals surface area contributed by atoms with E-state index in [1.807, 2.05) is 33.9 Å². The molecule has 0 aliphatic carbocycles. The van der Waals surface area contributed by atoms with Crippen molar-refractivity contribution in [3.63, 3.8) is 0 Å². The van der Waals surface area contributed by atoms with Crippen molar-refractivity contribution in [2.24, 2.45) is 5.92 Å². The Labute approximate surface area is 109 Å². The van der Waals surface area contributed by atoms with Crippen molar-refractivity contribution in [1.82, 2.24) is 15.3 Å². The number of rotatable bonds is 7. The molecular weight excluding hydrogens is 228 g/mol. The van der Waals surface area contributed by atoms with Crippen molar-refractivity contribution in [2.75, 3.05) is 25.5 Å². The van der Waals surface area contributed by atoms with Gasteiger partial charge in [-0.1, -0.05) is 6.92 Å². The van der Waals surface area contributed by atoms with Crippen molar-refractivity contribution in [1.29, 1.82) is 0 Å². The molecule has 0 aliphatic heterocycles. The van der Waals surface area contributed by atoms with Gasteiger partial charge in [0.1, 0.15) is 0 Å². The Morgan fingerprint density at radius 2 is 1.94 bits per heavy atom. The maximum Gasteiger partial charge on any atom is 0.226 e. The summed E-state index contributed by atoms with van der Waals surface area (Å²) in [6.45, 7) is 9.89. The maximum absolute atomic E-state index is 5.59. The van der Waals surface area contributed by atoms with Gasteiger partial charge in [0.2, 0.25) is 11.8 Å². The quantitative estimate of drug-likeness (QED) is 0.775. The summed E-state index contributed by atoms with van der Waals surface area (Å²) in [6.07, 6.45) is 0.121. The van der Waals surface area contributed by atoms with Gasteiger partial charge < -0.3 is 15.4 Å². The standard InChI is InChI=1S/C13H24N4O/c1-9(2)18-12-6-11(4)16-13(17-12)15-8-10(3)7-14-5/h6,9-10,14H,7-8H2,1-5H3,(H,15,16,17). The molecule has 0 fully saturated rings. The average molecular weight is 252 g/mol. The van der Waals surface area contributed by atoms with Crippen molar-refractivity contribution in [3.05, 3.63) is 11.8 Å². The third-order valence-corrected chi connectivity index (χ3v) is 2.35. The van der Waals surface area contributed by atoms with Gasteiger partial charge in [0, 0.05) is 18.3 Å². The normalized spacial score (nSPS) is 12.6. The molecule has 1 aromatic heterocycles. The molecule has 0 amide bonds. The second kappa shape index (κ2) is 7.16. The Kier molecular flexibility index (Phi) is 5.85. The van der Waals surface area contributed by atoms with E-state index >= 15 is 0 Å². The monoisotopic (exact) mass is 252 g/mol. The number of hydrogen-bond donors (Lipinski definition) is 2. The SMILES string of the molecule is CNCC(C)CNc1nc(C)cc(OC(C)C)n1. The van der Waals surface area contributed by atoms with Crippen molar-refractivity contribution >= 4 is 5.95 Å². The van der Waals surface area contributed by atoms with Gasteiger partial charge in [0.15, 0.2) is 0 Å². The van der Waals surface area contributed by atoms with Crippen LogP contribution < -0.4 is 15.4 Å². The first-order valence-electron chi connectivity index (χ1n) is 6.42. The van der Waals surface area contributed by atoms with E-state index in [1.54, 1.807) is 0 Å². The van der Waals surface area contributed by atoms with E-state index in [4.69, 9.17) is 4.74 Å². The van der Waals surface area contributed by atoms with Gasteiger partial charge in [-0.2, -0.15) is 4.98 Å². The van der Waals surface area contributed by atoms with E-state index in [1.165, 1.54) is 0 Å². The summed E-state index contributed by atoms with van der Waals surface area (Å²) in [5, 5.41) is 6.39. The van der Waals surface area contributed by atoms with Crippen molar-refractivity contribution < 1.29 is 4.74 Å². The van der Waals surface area contributed by atoms with Gasteiger partial charge in [0.25, 0.3) is 0 Å². The van der Waals surface area contributed by atoms with Gasteiger partial charge in [0.05, 0.1) is 6.10 Å². The Hall–Kier alpha value is -1.36. The fourth-order valence-electron chi connectivity index (χ4n) is 1.61. The molecule has 1 atom stereocenters. The summed E-state index contributed by atoms with van der Waals surface area (Å²) >= 11 is 0. The molecule has 1 rings (SSSR count). The highest BCUT2D eigenvalue weighted by Crippen LogP contribution is 2.13. The number of nitrogens with zero attached hydrogens (tertiary/aromatic N) is 2. The number of aromatic nitrogens is 2. The summed E-state index contributed by atoms with van der Waals surface area (Å²) in [7, 11) is 1.95. The van der Waals surface area contributed by atoms with Crippen LogP contribution in [0.4, 0.5) is 5.95 Å². The Balaban J connectivity index is 2.62. The van der Waals surface area contributed by atoms with E-state index in [0.29, 0.717) is 17.7 Å². The van der Waals surface area contributed by atoms with Gasteiger partial charge in [-0.15, -0.1) is 0 Å². The van der Waals surface area contributed by atoms with Crippen LogP contribution >= 0.6 is 0 Å². The number of aryl methyl sites for hydroxylation is 1. The summed E-state index contributed by atoms with van der Waals surface area (Å²) in [5.41, 5.74) is 0.907. The van der Waals surface area contributed by atoms with Gasteiger partial charge >= 0.3 is 0 Å². The highest BCUT2D eigenvalue weighted by atomic mass is 16.5. The molecule has 1 aromatic rings. The van der Waals surface area contributed by atoms with Crippen LogP contribution in [0.3, 0.4) is 0 Å². The third-order valence-electron chi connectivity index (χ3n) is 2.35. The van der Waals surface area contributed by atoms with Crippen LogP contribution in [0.1, 0.15) is 26.5 Å². The molecule has 1 unspecified atom stereocenters. The lowest BCUT2D eigenvalue weighted by molar-refractivity contribution is 0.232. The molecule has 0 bridgehead atoms. The zero-order chi connectivity index (χ0) is 13.5. The van der Waals surface area contributed by atoms with E-state index < -0.39 is 0 Å². The van der Waals surface area contributed by atoms with Crippen LogP contribution in [-0.2, 0) is 0 Å². The third kappa shape index (κ3) is 5.31. The molecule has 102 valence electrons. The average Bonchev–Trinajstić information content (AvgIpc) is 2.25. The van der Waals surface area contributed by atoms with E-state index in [2.05, 4.69) is 27.5 Å². The molecule has 0 saturated heterocycles. The van der Waals surface area contributed by atoms with Crippen molar-refractivity contribution in [3.8, 4) is 5.88 Å². The first-order chi connectivity index (χ1) is 8.51. The first kappa shape index (κ1) is 14.7. The Morgan fingerprint density at radius 1 is 1.22 bits per heavy atom. The zero-order valence-electron chi connectivity index (χ0n) is 11.9. The molecule has 0 aliphatic rings. The minimum atomic E-state index is 0.121. The lowest BCUT2D eigenvalue weighted by Crippen LogP contribution is -2.23. The predicted molar refractivity (Wildman–Crippen MR) is 74.1 cm³/mol. The minimum Gasteiger partial charge on any atom is -0.475 e. The van der Waals surface area contributed by atoms with Crippen molar-refractivity contribution in [2.45, 2.75) is 33.8 Å². The van der Waals surface area contributed by atoms with Gasteiger partial charge in [-0.25, -0.2) is 4.98 Å². The molecular formula is C13H24N4O. The summed E-state index contributed by atoms with van der Waals surface area (Å²) in [5.74, 6) is 1.78. The van der Waals surface area contributed by atoms with Crippen LogP contribution in [0.25, 0.3) is 0 Å². The predicted octanol–water partition coefficient (Wildman–Crippen LogP) is 1.84. The number of anilines is 1. The zero-order valence-corrected chi connectivity index (χ0v) is 11.9. The van der Waals surface area contributed by atoms with Gasteiger partial charge in [-0.3, -0.25) is 0 Å². The number of nitrogens with one attached hydrogen (secondary N) is 2. The highest BCUT2D eigenvalue weighted by molar-refractivity contribution is 5.30. The van der Waals surface area contributed by atoms with Crippen LogP contribution in [0.15, 0.2) is 6.07 Å². The molecule has 0 spiro atoms. The largest absolute Gasteiger partial charge is 0.475 e. The second-order valence-corrected chi connectivity index (χ2v) is 4.88. The fourth-order valence-corrected chi connectivity index (χ4v) is 1.61. The smallest absolute Gasteiger partial charge is 0.226 e. The summed E-state index contributed by atoms with van der Waals surface area (Å²) in [4.78, 5) is 8.69. The van der Waals surface area contributed by atoms with E-state index in [9.17, 15) is 0 Å². The first-order valence-corrected chi connectivity index (χ1v) is 6.42. The lowest BCUT2D eigenvalue weighted by Gasteiger charge is -2.14. The van der Waals surface area contributed by atoms with E-state index in [-0.39, 0.29) is 6.10 Å². The molecule has 18 heavy (non-hydrogen) atoms. The van der Waals surface area contributed by atoms with Crippen LogP contribution in [-0.4, -0.2) is 36.2 Å².